The molecule has 29 heavy (non-hydrogen) atoms. The lowest BCUT2D eigenvalue weighted by Gasteiger charge is -2.16. The van der Waals surface area contributed by atoms with Crippen molar-refractivity contribution in [1.29, 1.82) is 0 Å². The Morgan fingerprint density at radius 1 is 0.931 bits per heavy atom. The molecule has 154 valence electrons. The van der Waals surface area contributed by atoms with E-state index in [0.717, 1.165) is 6.07 Å². The van der Waals surface area contributed by atoms with Crippen LogP contribution in [-0.4, -0.2) is 53.1 Å². The van der Waals surface area contributed by atoms with Gasteiger partial charge in [-0.15, -0.1) is 0 Å². The summed E-state index contributed by atoms with van der Waals surface area (Å²) in [4.78, 5) is 24.1. The Bertz CT molecular complexity index is 851. The van der Waals surface area contributed by atoms with Gasteiger partial charge in [0.1, 0.15) is 24.1 Å². The maximum atomic E-state index is 13.1. The molecular weight excluding hydrogens is 381 g/mol. The number of para-hydroxylation sites is 1. The summed E-state index contributed by atoms with van der Waals surface area (Å²) in [5.41, 5.74) is 0.878. The number of hydrogen-bond acceptors (Lipinski definition) is 5. The number of carbonyl (C=O) groups is 2. The van der Waals surface area contributed by atoms with Crippen molar-refractivity contribution in [2.24, 2.45) is 0 Å². The molecule has 3 amide bonds. The lowest BCUT2D eigenvalue weighted by molar-refractivity contribution is -0.120. The van der Waals surface area contributed by atoms with Crippen molar-refractivity contribution in [1.82, 2.24) is 5.32 Å². The first-order chi connectivity index (χ1) is 13.9. The molecule has 0 spiro atoms. The highest BCUT2D eigenvalue weighted by atomic mass is 19.1. The van der Waals surface area contributed by atoms with Crippen molar-refractivity contribution >= 4 is 23.3 Å². The van der Waals surface area contributed by atoms with Gasteiger partial charge in [-0.1, -0.05) is 24.3 Å². The largest absolute Gasteiger partial charge is 0.388 e. The number of hydrogen-bond donors (Lipinski definition) is 5. The molecule has 0 radical (unpaired) electrons. The summed E-state index contributed by atoms with van der Waals surface area (Å²) in [6, 6.07) is 13.6. The fourth-order valence-electron chi connectivity index (χ4n) is 3.01. The van der Waals surface area contributed by atoms with Crippen LogP contribution in [0.2, 0.25) is 0 Å². The topological polar surface area (TPSA) is 120 Å². The number of anilines is 2. The van der Waals surface area contributed by atoms with Gasteiger partial charge in [-0.3, -0.25) is 4.79 Å². The SMILES string of the molecule is O=C(CC1OC(CNC(=O)Nc2cccc(F)c2)C(O)C1O)Nc1ccccc1. The predicted molar refractivity (Wildman–Crippen MR) is 104 cm³/mol. The van der Waals surface area contributed by atoms with E-state index < -0.39 is 36.3 Å². The van der Waals surface area contributed by atoms with Gasteiger partial charge in [0.15, 0.2) is 0 Å². The number of benzene rings is 2. The molecular formula is C20H22FN3O5. The summed E-state index contributed by atoms with van der Waals surface area (Å²) in [6.07, 6.45) is -4.49. The van der Waals surface area contributed by atoms with Crippen LogP contribution in [0.15, 0.2) is 54.6 Å². The van der Waals surface area contributed by atoms with Gasteiger partial charge in [0, 0.05) is 17.9 Å². The van der Waals surface area contributed by atoms with Crippen LogP contribution >= 0.6 is 0 Å². The minimum atomic E-state index is -1.27. The zero-order valence-electron chi connectivity index (χ0n) is 15.4. The number of amides is 3. The molecule has 0 saturated carbocycles. The van der Waals surface area contributed by atoms with Crippen molar-refractivity contribution in [2.45, 2.75) is 30.8 Å². The van der Waals surface area contributed by atoms with Crippen molar-refractivity contribution in [3.8, 4) is 0 Å². The van der Waals surface area contributed by atoms with Gasteiger partial charge >= 0.3 is 6.03 Å². The number of carbonyl (C=O) groups excluding carboxylic acids is 2. The summed E-state index contributed by atoms with van der Waals surface area (Å²) in [5.74, 6) is -0.859. The Hall–Kier alpha value is -3.01. The molecule has 9 heteroatoms. The normalized spacial score (nSPS) is 23.4. The number of halogens is 1. The predicted octanol–water partition coefficient (Wildman–Crippen LogP) is 1.47. The standard InChI is InChI=1S/C20H22FN3O5/c21-12-5-4-8-14(9-12)24-20(28)22-11-16-19(27)18(26)15(29-16)10-17(25)23-13-6-2-1-3-7-13/h1-9,15-16,18-19,26-27H,10-11H2,(H,23,25)(H2,22,24,28). The Labute approximate surface area is 166 Å². The summed E-state index contributed by atoms with van der Waals surface area (Å²) >= 11 is 0. The molecule has 1 heterocycles. The molecule has 8 nitrogen and oxygen atoms in total. The fraction of sp³-hybridized carbons (Fsp3) is 0.300. The number of ether oxygens (including phenoxy) is 1. The monoisotopic (exact) mass is 403 g/mol. The van der Waals surface area contributed by atoms with Crippen molar-refractivity contribution in [2.75, 3.05) is 17.2 Å². The number of rotatable bonds is 6. The highest BCUT2D eigenvalue weighted by Gasteiger charge is 2.43. The molecule has 2 aromatic rings. The first kappa shape index (κ1) is 20.7. The first-order valence-electron chi connectivity index (χ1n) is 9.09. The molecule has 1 aliphatic rings. The molecule has 0 aromatic heterocycles. The van der Waals surface area contributed by atoms with Crippen LogP contribution in [0, 0.1) is 5.82 Å². The molecule has 3 rings (SSSR count). The van der Waals surface area contributed by atoms with E-state index in [1.165, 1.54) is 18.2 Å². The van der Waals surface area contributed by atoms with Crippen molar-refractivity contribution in [3.63, 3.8) is 0 Å². The van der Waals surface area contributed by atoms with Crippen LogP contribution in [0.3, 0.4) is 0 Å². The molecule has 0 bridgehead atoms. The first-order valence-corrected chi connectivity index (χ1v) is 9.09. The molecule has 2 aromatic carbocycles. The smallest absolute Gasteiger partial charge is 0.319 e. The van der Waals surface area contributed by atoms with Crippen LogP contribution in [0.4, 0.5) is 20.6 Å². The summed E-state index contributed by atoms with van der Waals surface area (Å²) in [5, 5.41) is 27.9. The molecule has 1 aliphatic heterocycles. The molecule has 4 atom stereocenters. The molecule has 4 unspecified atom stereocenters. The maximum Gasteiger partial charge on any atom is 0.319 e. The maximum absolute atomic E-state index is 13.1. The van der Waals surface area contributed by atoms with Gasteiger partial charge in [0.25, 0.3) is 0 Å². The van der Waals surface area contributed by atoms with Gasteiger partial charge < -0.3 is 30.9 Å². The molecule has 0 aliphatic carbocycles. The summed E-state index contributed by atoms with van der Waals surface area (Å²) in [6.45, 7) is -0.101. The Morgan fingerprint density at radius 3 is 2.34 bits per heavy atom. The second kappa shape index (κ2) is 9.46. The second-order valence-electron chi connectivity index (χ2n) is 6.66. The van der Waals surface area contributed by atoms with E-state index in [4.69, 9.17) is 4.74 Å². The fourth-order valence-corrected chi connectivity index (χ4v) is 3.01. The van der Waals surface area contributed by atoms with Gasteiger partial charge in [0.05, 0.1) is 12.5 Å². The second-order valence-corrected chi connectivity index (χ2v) is 6.66. The van der Waals surface area contributed by atoms with Crippen LogP contribution in [-0.2, 0) is 9.53 Å². The Morgan fingerprint density at radius 2 is 1.62 bits per heavy atom. The van der Waals surface area contributed by atoms with E-state index in [0.29, 0.717) is 5.69 Å². The Balaban J connectivity index is 1.47. The number of urea groups is 1. The van der Waals surface area contributed by atoms with Gasteiger partial charge in [0.2, 0.25) is 5.91 Å². The third-order valence-corrected chi connectivity index (χ3v) is 4.45. The van der Waals surface area contributed by atoms with Crippen LogP contribution in [0.5, 0.6) is 0 Å². The van der Waals surface area contributed by atoms with E-state index >= 15 is 0 Å². The molecule has 5 N–H and O–H groups in total. The zero-order chi connectivity index (χ0) is 20.8. The quantitative estimate of drug-likeness (QED) is 0.500. The van der Waals surface area contributed by atoms with Gasteiger partial charge in [-0.2, -0.15) is 0 Å². The molecule has 1 fully saturated rings. The minimum absolute atomic E-state index is 0.101. The average Bonchev–Trinajstić information content (AvgIpc) is 2.95. The highest BCUT2D eigenvalue weighted by molar-refractivity contribution is 5.91. The van der Waals surface area contributed by atoms with Gasteiger partial charge in [-0.25, -0.2) is 9.18 Å². The van der Waals surface area contributed by atoms with Crippen LogP contribution in [0.25, 0.3) is 0 Å². The lowest BCUT2D eigenvalue weighted by Crippen LogP contribution is -2.41. The van der Waals surface area contributed by atoms with Crippen molar-refractivity contribution in [3.05, 3.63) is 60.4 Å². The third-order valence-electron chi connectivity index (χ3n) is 4.45. The summed E-state index contributed by atoms with van der Waals surface area (Å²) < 4.78 is 18.7. The van der Waals surface area contributed by atoms with Crippen LogP contribution < -0.4 is 16.0 Å². The summed E-state index contributed by atoms with van der Waals surface area (Å²) in [7, 11) is 0. The highest BCUT2D eigenvalue weighted by Crippen LogP contribution is 2.24. The van der Waals surface area contributed by atoms with E-state index in [9.17, 15) is 24.2 Å². The van der Waals surface area contributed by atoms with E-state index in [-0.39, 0.29) is 24.6 Å². The number of aliphatic hydroxyl groups is 2. The van der Waals surface area contributed by atoms with Crippen LogP contribution in [0.1, 0.15) is 6.42 Å². The Kier molecular flexibility index (Phi) is 6.76. The zero-order valence-corrected chi connectivity index (χ0v) is 15.4. The number of aliphatic hydroxyl groups excluding tert-OH is 2. The number of nitrogens with one attached hydrogen (secondary N) is 3. The molecule has 1 saturated heterocycles. The average molecular weight is 403 g/mol. The van der Waals surface area contributed by atoms with E-state index in [2.05, 4.69) is 16.0 Å². The minimum Gasteiger partial charge on any atom is -0.388 e. The van der Waals surface area contributed by atoms with E-state index in [1.54, 1.807) is 24.3 Å². The van der Waals surface area contributed by atoms with E-state index in [1.807, 2.05) is 6.07 Å². The lowest BCUT2D eigenvalue weighted by atomic mass is 10.1. The third kappa shape index (κ3) is 5.74. The van der Waals surface area contributed by atoms with Gasteiger partial charge in [-0.05, 0) is 30.3 Å². The van der Waals surface area contributed by atoms with Crippen molar-refractivity contribution < 1.29 is 28.9 Å².